The Morgan fingerprint density at radius 1 is 1.08 bits per heavy atom. The summed E-state index contributed by atoms with van der Waals surface area (Å²) in [5.74, 6) is 0.123. The zero-order valence-corrected chi connectivity index (χ0v) is 17.4. The maximum atomic E-state index is 12.6. The molecule has 1 heterocycles. The lowest BCUT2D eigenvalue weighted by molar-refractivity contribution is 0.574. The van der Waals surface area contributed by atoms with Crippen molar-refractivity contribution in [3.8, 4) is 0 Å². The minimum Gasteiger partial charge on any atom is -0.280 e. The van der Waals surface area contributed by atoms with Crippen LogP contribution in [0.4, 0.5) is 11.4 Å². The largest absolute Gasteiger partial charge is 0.280 e. The van der Waals surface area contributed by atoms with Crippen molar-refractivity contribution < 1.29 is 16.8 Å². The van der Waals surface area contributed by atoms with Crippen LogP contribution < -0.4 is 9.03 Å². The average molecular weight is 459 g/mol. The van der Waals surface area contributed by atoms with Crippen molar-refractivity contribution in [2.45, 2.75) is 24.7 Å². The molecule has 140 valence electrons. The maximum absolute atomic E-state index is 12.6. The summed E-state index contributed by atoms with van der Waals surface area (Å²) >= 11 is 3.38. The molecule has 9 heteroatoms. The SMILES string of the molecule is Cc1cc(NS(=O)(=O)c2ccc(N3CCCCS3(=O)=O)cc2)ccc1Br. The van der Waals surface area contributed by atoms with Crippen molar-refractivity contribution in [3.63, 3.8) is 0 Å². The summed E-state index contributed by atoms with van der Waals surface area (Å²) in [5.41, 5.74) is 1.87. The summed E-state index contributed by atoms with van der Waals surface area (Å²) in [6, 6.07) is 11.1. The van der Waals surface area contributed by atoms with E-state index in [1.54, 1.807) is 18.2 Å². The second-order valence-corrected chi connectivity index (χ2v) is 10.7. The molecular weight excluding hydrogens is 440 g/mol. The highest BCUT2D eigenvalue weighted by Gasteiger charge is 2.26. The van der Waals surface area contributed by atoms with E-state index in [9.17, 15) is 16.8 Å². The Kier molecular flexibility index (Phi) is 5.32. The first-order chi connectivity index (χ1) is 12.2. The Labute approximate surface area is 162 Å². The standard InChI is InChI=1S/C17H19BrN2O4S2/c1-13-12-14(4-9-17(13)18)19-26(23,24)16-7-5-15(6-8-16)20-10-2-3-11-25(20,21)22/h4-9,12,19H,2-3,10-11H2,1H3. The van der Waals surface area contributed by atoms with Gasteiger partial charge in [0.25, 0.3) is 10.0 Å². The number of nitrogens with one attached hydrogen (secondary N) is 1. The minimum absolute atomic E-state index is 0.0798. The van der Waals surface area contributed by atoms with Crippen LogP contribution in [0.25, 0.3) is 0 Å². The monoisotopic (exact) mass is 458 g/mol. The van der Waals surface area contributed by atoms with Crippen molar-refractivity contribution in [2.24, 2.45) is 0 Å². The van der Waals surface area contributed by atoms with Gasteiger partial charge in [0.05, 0.1) is 16.3 Å². The topological polar surface area (TPSA) is 83.6 Å². The Hall–Kier alpha value is -1.58. The van der Waals surface area contributed by atoms with Crippen LogP contribution in [-0.4, -0.2) is 29.1 Å². The molecular formula is C17H19BrN2O4S2. The fourth-order valence-corrected chi connectivity index (χ4v) is 5.73. The van der Waals surface area contributed by atoms with E-state index in [-0.39, 0.29) is 10.6 Å². The van der Waals surface area contributed by atoms with Crippen molar-refractivity contribution >= 4 is 47.4 Å². The molecule has 0 amide bonds. The molecule has 0 saturated carbocycles. The number of sulfonamides is 2. The van der Waals surface area contributed by atoms with Gasteiger partial charge in [0.1, 0.15) is 0 Å². The lowest BCUT2D eigenvalue weighted by atomic mass is 10.2. The molecule has 1 aliphatic heterocycles. The number of aryl methyl sites for hydroxylation is 1. The van der Waals surface area contributed by atoms with E-state index in [1.807, 2.05) is 6.92 Å². The van der Waals surface area contributed by atoms with Crippen molar-refractivity contribution in [1.29, 1.82) is 0 Å². The number of rotatable bonds is 4. The predicted octanol–water partition coefficient (Wildman–Crippen LogP) is 3.49. The van der Waals surface area contributed by atoms with E-state index < -0.39 is 20.0 Å². The molecule has 0 aliphatic carbocycles. The number of nitrogens with zero attached hydrogens (tertiary/aromatic N) is 1. The van der Waals surface area contributed by atoms with E-state index in [0.717, 1.165) is 16.5 Å². The lowest BCUT2D eigenvalue weighted by Crippen LogP contribution is -2.37. The van der Waals surface area contributed by atoms with Crippen LogP contribution >= 0.6 is 15.9 Å². The lowest BCUT2D eigenvalue weighted by Gasteiger charge is -2.28. The number of hydrogen-bond donors (Lipinski definition) is 1. The van der Waals surface area contributed by atoms with Crippen LogP contribution in [0.2, 0.25) is 0 Å². The number of benzene rings is 2. The molecule has 0 radical (unpaired) electrons. The smallest absolute Gasteiger partial charge is 0.261 e. The van der Waals surface area contributed by atoms with Crippen LogP contribution in [0.3, 0.4) is 0 Å². The zero-order valence-electron chi connectivity index (χ0n) is 14.1. The van der Waals surface area contributed by atoms with Crippen molar-refractivity contribution in [3.05, 3.63) is 52.5 Å². The fraction of sp³-hybridized carbons (Fsp3) is 0.294. The van der Waals surface area contributed by atoms with E-state index in [2.05, 4.69) is 20.7 Å². The van der Waals surface area contributed by atoms with Gasteiger partial charge in [0, 0.05) is 16.7 Å². The number of halogens is 1. The van der Waals surface area contributed by atoms with Crippen molar-refractivity contribution in [2.75, 3.05) is 21.3 Å². The molecule has 1 aliphatic rings. The highest BCUT2D eigenvalue weighted by molar-refractivity contribution is 9.10. The molecule has 1 saturated heterocycles. The van der Waals surface area contributed by atoms with Crippen molar-refractivity contribution in [1.82, 2.24) is 0 Å². The first-order valence-corrected chi connectivity index (χ1v) is 12.0. The third-order valence-corrected chi connectivity index (χ3v) is 8.35. The summed E-state index contributed by atoms with van der Waals surface area (Å²) in [6.45, 7) is 2.29. The third-order valence-electron chi connectivity index (χ3n) is 4.19. The summed E-state index contributed by atoms with van der Waals surface area (Å²) in [4.78, 5) is 0.0798. The molecule has 6 nitrogen and oxygen atoms in total. The molecule has 2 aromatic carbocycles. The minimum atomic E-state index is -3.75. The molecule has 0 spiro atoms. The second kappa shape index (κ2) is 7.21. The average Bonchev–Trinajstić information content (AvgIpc) is 2.58. The summed E-state index contributed by atoms with van der Waals surface area (Å²) in [6.07, 6.45) is 1.45. The molecule has 0 unspecified atom stereocenters. The summed E-state index contributed by atoms with van der Waals surface area (Å²) < 4.78 is 54.2. The summed E-state index contributed by atoms with van der Waals surface area (Å²) in [7, 11) is -7.07. The van der Waals surface area contributed by atoms with Crippen LogP contribution in [-0.2, 0) is 20.0 Å². The van der Waals surface area contributed by atoms with E-state index >= 15 is 0 Å². The number of anilines is 2. The molecule has 2 aromatic rings. The van der Waals surface area contributed by atoms with E-state index in [1.165, 1.54) is 28.6 Å². The Balaban J connectivity index is 1.84. The first-order valence-electron chi connectivity index (χ1n) is 8.08. The van der Waals surface area contributed by atoms with Gasteiger partial charge in [-0.25, -0.2) is 16.8 Å². The van der Waals surface area contributed by atoms with Crippen LogP contribution in [0, 0.1) is 6.92 Å². The molecule has 1 N–H and O–H groups in total. The van der Waals surface area contributed by atoms with Crippen LogP contribution in [0.5, 0.6) is 0 Å². The predicted molar refractivity (Wildman–Crippen MR) is 106 cm³/mol. The van der Waals surface area contributed by atoms with Crippen LogP contribution in [0.1, 0.15) is 18.4 Å². The van der Waals surface area contributed by atoms with E-state index in [4.69, 9.17) is 0 Å². The van der Waals surface area contributed by atoms with Gasteiger partial charge in [0.15, 0.2) is 0 Å². The van der Waals surface area contributed by atoms with E-state index in [0.29, 0.717) is 24.3 Å². The van der Waals surface area contributed by atoms with Gasteiger partial charge in [0.2, 0.25) is 10.0 Å². The zero-order chi connectivity index (χ0) is 18.9. The highest BCUT2D eigenvalue weighted by atomic mass is 79.9. The van der Waals surface area contributed by atoms with Gasteiger partial charge in [-0.05, 0) is 67.8 Å². The van der Waals surface area contributed by atoms with Gasteiger partial charge in [-0.3, -0.25) is 9.03 Å². The molecule has 0 aromatic heterocycles. The van der Waals surface area contributed by atoms with Gasteiger partial charge >= 0.3 is 0 Å². The van der Waals surface area contributed by atoms with Gasteiger partial charge in [-0.1, -0.05) is 15.9 Å². The molecule has 26 heavy (non-hydrogen) atoms. The first kappa shape index (κ1) is 19.2. The summed E-state index contributed by atoms with van der Waals surface area (Å²) in [5, 5.41) is 0. The Morgan fingerprint density at radius 3 is 2.38 bits per heavy atom. The molecule has 0 atom stereocenters. The third kappa shape index (κ3) is 4.05. The Bertz CT molecular complexity index is 1020. The normalized spacial score (nSPS) is 17.1. The van der Waals surface area contributed by atoms with Gasteiger partial charge < -0.3 is 0 Å². The van der Waals surface area contributed by atoms with Gasteiger partial charge in [-0.15, -0.1) is 0 Å². The second-order valence-electron chi connectivity index (χ2n) is 6.16. The highest BCUT2D eigenvalue weighted by Crippen LogP contribution is 2.26. The van der Waals surface area contributed by atoms with Gasteiger partial charge in [-0.2, -0.15) is 0 Å². The fourth-order valence-electron chi connectivity index (χ4n) is 2.79. The molecule has 1 fully saturated rings. The van der Waals surface area contributed by atoms with Crippen LogP contribution in [0.15, 0.2) is 51.8 Å². The quantitative estimate of drug-likeness (QED) is 0.759. The maximum Gasteiger partial charge on any atom is 0.261 e. The number of hydrogen-bond acceptors (Lipinski definition) is 4. The molecule has 3 rings (SSSR count). The molecule has 0 bridgehead atoms. The Morgan fingerprint density at radius 2 is 1.77 bits per heavy atom.